The highest BCUT2D eigenvalue weighted by molar-refractivity contribution is 6.02. The lowest BCUT2D eigenvalue weighted by Crippen LogP contribution is -2.32. The maximum atomic E-state index is 2.54. The highest BCUT2D eigenvalue weighted by Crippen LogP contribution is 2.43. The van der Waals surface area contributed by atoms with Crippen molar-refractivity contribution in [3.8, 4) is 11.1 Å². The van der Waals surface area contributed by atoms with Crippen LogP contribution < -0.4 is 10.4 Å². The van der Waals surface area contributed by atoms with Crippen molar-refractivity contribution in [2.45, 2.75) is 111 Å². The third-order valence-corrected chi connectivity index (χ3v) is 11.2. The zero-order chi connectivity index (χ0) is 38.1. The highest BCUT2D eigenvalue weighted by Gasteiger charge is 2.31. The van der Waals surface area contributed by atoms with Crippen molar-refractivity contribution < 1.29 is 0 Å². The Morgan fingerprint density at radius 1 is 0.509 bits per heavy atom. The van der Waals surface area contributed by atoms with Crippen LogP contribution in [0, 0.1) is 0 Å². The van der Waals surface area contributed by atoms with Gasteiger partial charge in [-0.15, -0.1) is 0 Å². The second-order valence-corrected chi connectivity index (χ2v) is 19.5. The summed E-state index contributed by atoms with van der Waals surface area (Å²) in [5.41, 5.74) is 18.8. The maximum absolute atomic E-state index is 2.54. The Kier molecular flexibility index (Phi) is 9.01. The molecule has 0 amide bonds. The molecule has 0 bridgehead atoms. The molecule has 2 aliphatic rings. The Labute approximate surface area is 319 Å². The Balaban J connectivity index is 1.69. The summed E-state index contributed by atoms with van der Waals surface area (Å²) >= 11 is 0. The first-order valence-electron chi connectivity index (χ1n) is 19.6. The van der Waals surface area contributed by atoms with Gasteiger partial charge in [0.1, 0.15) is 0 Å². The number of hydrogen-bond donors (Lipinski definition) is 0. The Morgan fingerprint density at radius 2 is 1.06 bits per heavy atom. The number of benzene rings is 5. The second kappa shape index (κ2) is 13.0. The molecule has 0 aromatic heterocycles. The van der Waals surface area contributed by atoms with Gasteiger partial charge in [0, 0.05) is 0 Å². The van der Waals surface area contributed by atoms with Gasteiger partial charge in [-0.3, -0.25) is 0 Å². The molecule has 0 aliphatic heterocycles. The van der Waals surface area contributed by atoms with E-state index in [0.29, 0.717) is 0 Å². The lowest BCUT2D eigenvalue weighted by Gasteiger charge is -2.29. The van der Waals surface area contributed by atoms with Crippen molar-refractivity contribution in [2.24, 2.45) is 0 Å². The molecule has 0 heteroatoms. The van der Waals surface area contributed by atoms with Crippen LogP contribution in [0.1, 0.15) is 140 Å². The van der Waals surface area contributed by atoms with E-state index in [-0.39, 0.29) is 21.7 Å². The van der Waals surface area contributed by atoms with Gasteiger partial charge in [-0.2, -0.15) is 0 Å². The standard InChI is InChI=1S/C53H58/c1-50(2,3)38-26-27-42-37(28-38)31-45-44(42)33-46(47(34-20-15-13-16-21-34)35-22-17-14-18-23-35)49(53(10,11)12)48(45)43-25-19-24-41(43)36-29-39(51(4,5)6)32-40(30-36)52(7,8)9/h13-24,26-33H,25H2,1-12H3. The molecule has 5 aromatic carbocycles. The third-order valence-electron chi connectivity index (χ3n) is 11.2. The van der Waals surface area contributed by atoms with Gasteiger partial charge in [-0.05, 0) is 129 Å². The van der Waals surface area contributed by atoms with Gasteiger partial charge >= 0.3 is 0 Å². The first-order valence-corrected chi connectivity index (χ1v) is 19.6. The van der Waals surface area contributed by atoms with Crippen LogP contribution in [0.2, 0.25) is 0 Å². The molecule has 0 radical (unpaired) electrons. The molecular weight excluding hydrogens is 637 g/mol. The van der Waals surface area contributed by atoms with E-state index in [2.05, 4.69) is 204 Å². The van der Waals surface area contributed by atoms with Crippen LogP contribution in [0.4, 0.5) is 0 Å². The van der Waals surface area contributed by atoms with E-state index < -0.39 is 0 Å². The quantitative estimate of drug-likeness (QED) is 0.172. The summed E-state index contributed by atoms with van der Waals surface area (Å²) in [5.74, 6) is 0. The predicted octanol–water partition coefficient (Wildman–Crippen LogP) is 12.8. The SMILES string of the molecule is CC(C)(C)c1cc(C2=C(c3c(C(C)(C)C)c(=C(c4ccccc4)c4ccccc4)cc4c3=Cc3cc(C(C)(C)C)ccc3-4)CC=C2)cc(C(C)(C)C)c1. The molecule has 2 aliphatic carbocycles. The molecule has 5 aromatic rings. The second-order valence-electron chi connectivity index (χ2n) is 19.5. The van der Waals surface area contributed by atoms with Gasteiger partial charge in [0.25, 0.3) is 0 Å². The number of hydrogen-bond acceptors (Lipinski definition) is 0. The zero-order valence-electron chi connectivity index (χ0n) is 34.3. The summed E-state index contributed by atoms with van der Waals surface area (Å²) in [4.78, 5) is 0. The molecule has 7 rings (SSSR count). The fraction of sp³-hybridized carbons (Fsp3) is 0.321. The van der Waals surface area contributed by atoms with Crippen LogP contribution in [0.15, 0.2) is 115 Å². The number of fused-ring (bicyclic) bond motifs is 3. The molecule has 53 heavy (non-hydrogen) atoms. The molecule has 0 nitrogen and oxygen atoms in total. The lowest BCUT2D eigenvalue weighted by atomic mass is 9.75. The van der Waals surface area contributed by atoms with Crippen molar-refractivity contribution >= 4 is 22.8 Å². The first-order chi connectivity index (χ1) is 24.8. The summed E-state index contributed by atoms with van der Waals surface area (Å²) in [7, 11) is 0. The molecule has 0 saturated heterocycles. The number of allylic oxidation sites excluding steroid dienone is 4. The van der Waals surface area contributed by atoms with Gasteiger partial charge in [0.2, 0.25) is 0 Å². The van der Waals surface area contributed by atoms with Crippen molar-refractivity contribution in [1.29, 1.82) is 0 Å². The Bertz CT molecular complexity index is 2330. The molecule has 0 saturated carbocycles. The first kappa shape index (κ1) is 36.7. The highest BCUT2D eigenvalue weighted by atomic mass is 14.3. The number of rotatable bonds is 4. The average Bonchev–Trinajstić information content (AvgIpc) is 3.72. The van der Waals surface area contributed by atoms with E-state index in [1.807, 2.05) is 0 Å². The molecule has 0 atom stereocenters. The zero-order valence-corrected chi connectivity index (χ0v) is 34.3. The lowest BCUT2D eigenvalue weighted by molar-refractivity contribution is 0.568. The van der Waals surface area contributed by atoms with E-state index in [4.69, 9.17) is 0 Å². The van der Waals surface area contributed by atoms with Gasteiger partial charge in [0.05, 0.1) is 0 Å². The van der Waals surface area contributed by atoms with E-state index in [1.165, 1.54) is 88.4 Å². The molecule has 0 N–H and O–H groups in total. The predicted molar refractivity (Wildman–Crippen MR) is 231 cm³/mol. The minimum Gasteiger partial charge on any atom is -0.0795 e. The average molecular weight is 695 g/mol. The van der Waals surface area contributed by atoms with E-state index >= 15 is 0 Å². The monoisotopic (exact) mass is 694 g/mol. The fourth-order valence-electron chi connectivity index (χ4n) is 8.26. The van der Waals surface area contributed by atoms with Gasteiger partial charge in [-0.25, -0.2) is 0 Å². The van der Waals surface area contributed by atoms with Crippen molar-refractivity contribution in [3.05, 3.63) is 176 Å². The normalized spacial score (nSPS) is 14.3. The smallest absolute Gasteiger partial charge is 0.00354 e. The molecule has 0 heterocycles. The van der Waals surface area contributed by atoms with Gasteiger partial charge in [0.15, 0.2) is 0 Å². The van der Waals surface area contributed by atoms with E-state index in [1.54, 1.807) is 0 Å². The molecule has 270 valence electrons. The van der Waals surface area contributed by atoms with Gasteiger partial charge < -0.3 is 0 Å². The summed E-state index contributed by atoms with van der Waals surface area (Å²) in [5, 5.41) is 2.68. The summed E-state index contributed by atoms with van der Waals surface area (Å²) in [6.07, 6.45) is 8.22. The maximum Gasteiger partial charge on any atom is -0.00354 e. The third kappa shape index (κ3) is 6.94. The van der Waals surface area contributed by atoms with E-state index in [9.17, 15) is 0 Å². The van der Waals surface area contributed by atoms with Crippen LogP contribution in [-0.2, 0) is 21.7 Å². The van der Waals surface area contributed by atoms with Crippen LogP contribution in [0.25, 0.3) is 33.9 Å². The largest absolute Gasteiger partial charge is 0.0795 e. The summed E-state index contributed by atoms with van der Waals surface area (Å²) in [6.45, 7) is 28.2. The molecular formula is C53H58. The molecule has 0 spiro atoms. The van der Waals surface area contributed by atoms with Crippen LogP contribution >= 0.6 is 0 Å². The topological polar surface area (TPSA) is 0 Å². The van der Waals surface area contributed by atoms with Gasteiger partial charge in [-0.1, -0.05) is 192 Å². The Morgan fingerprint density at radius 3 is 1.57 bits per heavy atom. The molecule has 0 fully saturated rings. The minimum atomic E-state index is -0.155. The van der Waals surface area contributed by atoms with Crippen LogP contribution in [0.3, 0.4) is 0 Å². The van der Waals surface area contributed by atoms with Crippen LogP contribution in [-0.4, -0.2) is 0 Å². The van der Waals surface area contributed by atoms with Crippen molar-refractivity contribution in [1.82, 2.24) is 0 Å². The van der Waals surface area contributed by atoms with Crippen LogP contribution in [0.5, 0.6) is 0 Å². The molecule has 0 unspecified atom stereocenters. The minimum absolute atomic E-state index is 0.0339. The van der Waals surface area contributed by atoms with Crippen molar-refractivity contribution in [3.63, 3.8) is 0 Å². The Hall–Kier alpha value is -4.68. The van der Waals surface area contributed by atoms with Crippen molar-refractivity contribution in [2.75, 3.05) is 0 Å². The summed E-state index contributed by atoms with van der Waals surface area (Å²) in [6, 6.07) is 39.2. The fourth-order valence-corrected chi connectivity index (χ4v) is 8.26. The summed E-state index contributed by atoms with van der Waals surface area (Å²) < 4.78 is 0. The van der Waals surface area contributed by atoms with E-state index in [0.717, 1.165) is 6.42 Å².